The van der Waals surface area contributed by atoms with E-state index in [9.17, 15) is 4.79 Å². The molecule has 3 heterocycles. The lowest BCUT2D eigenvalue weighted by atomic mass is 10.2. The van der Waals surface area contributed by atoms with Gasteiger partial charge in [0.25, 0.3) is 5.56 Å². The quantitative estimate of drug-likeness (QED) is 0.428. The van der Waals surface area contributed by atoms with Gasteiger partial charge in [-0.2, -0.15) is 0 Å². The molecule has 7 nitrogen and oxygen atoms in total. The Morgan fingerprint density at radius 1 is 0.971 bits per heavy atom. The highest BCUT2D eigenvalue weighted by Crippen LogP contribution is 2.21. The highest BCUT2D eigenvalue weighted by Gasteiger charge is 2.17. The summed E-state index contributed by atoms with van der Waals surface area (Å²) in [5, 5.41) is 2.14. The number of nitrogens with zero attached hydrogens (tertiary/aromatic N) is 5. The zero-order valence-corrected chi connectivity index (χ0v) is 20.4. The van der Waals surface area contributed by atoms with Crippen molar-refractivity contribution >= 4 is 17.0 Å². The fourth-order valence-electron chi connectivity index (χ4n) is 4.32. The monoisotopic (exact) mass is 475 g/mol. The van der Waals surface area contributed by atoms with E-state index >= 15 is 0 Å². The van der Waals surface area contributed by atoms with Gasteiger partial charge in [-0.3, -0.25) is 14.4 Å². The smallest absolute Gasteiger partial charge is 0.297 e. The average Bonchev–Trinajstić information content (AvgIpc) is 3.38. The molecule has 1 aliphatic rings. The molecule has 0 saturated carbocycles. The van der Waals surface area contributed by atoms with Crippen molar-refractivity contribution in [1.82, 2.24) is 18.8 Å². The number of hydrogen-bond acceptors (Lipinski definition) is 5. The lowest BCUT2D eigenvalue weighted by molar-refractivity contribution is 0.0363. The van der Waals surface area contributed by atoms with Crippen LogP contribution >= 0.6 is 11.3 Å². The van der Waals surface area contributed by atoms with E-state index in [1.54, 1.807) is 16.0 Å². The van der Waals surface area contributed by atoms with Gasteiger partial charge in [0, 0.05) is 38.6 Å². The number of morpholine rings is 1. The maximum Gasteiger partial charge on any atom is 0.297 e. The zero-order valence-electron chi connectivity index (χ0n) is 19.6. The Kier molecular flexibility index (Phi) is 6.62. The van der Waals surface area contributed by atoms with Gasteiger partial charge in [0.15, 0.2) is 10.5 Å². The topological polar surface area (TPSA) is 56.7 Å². The van der Waals surface area contributed by atoms with Gasteiger partial charge in [0.05, 0.1) is 30.3 Å². The molecule has 2 aromatic heterocycles. The largest absolute Gasteiger partial charge is 0.379 e. The molecular weight excluding hydrogens is 446 g/mol. The Hall–Kier alpha value is -3.20. The van der Waals surface area contributed by atoms with Crippen molar-refractivity contribution in [3.63, 3.8) is 0 Å². The van der Waals surface area contributed by atoms with Crippen molar-refractivity contribution in [2.24, 2.45) is 12.0 Å². The summed E-state index contributed by atoms with van der Waals surface area (Å²) in [6.07, 6.45) is 0. The third kappa shape index (κ3) is 4.44. The van der Waals surface area contributed by atoms with E-state index in [2.05, 4.69) is 39.1 Å². The molecule has 0 amide bonds. The van der Waals surface area contributed by atoms with E-state index in [4.69, 9.17) is 9.73 Å². The minimum atomic E-state index is -0.111. The molecular formula is C26H29N5O2S. The summed E-state index contributed by atoms with van der Waals surface area (Å²) in [7, 11) is 1.90. The van der Waals surface area contributed by atoms with Crippen LogP contribution in [0.4, 0.5) is 5.69 Å². The lowest BCUT2D eigenvalue weighted by Crippen LogP contribution is -2.39. The molecule has 1 fully saturated rings. The van der Waals surface area contributed by atoms with E-state index in [0.717, 1.165) is 66.8 Å². The summed E-state index contributed by atoms with van der Waals surface area (Å²) in [6, 6.07) is 20.1. The Morgan fingerprint density at radius 2 is 1.65 bits per heavy atom. The summed E-state index contributed by atoms with van der Waals surface area (Å²) in [4.78, 5) is 21.6. The lowest BCUT2D eigenvalue weighted by Gasteiger charge is -2.26. The molecule has 34 heavy (non-hydrogen) atoms. The Morgan fingerprint density at radius 3 is 2.35 bits per heavy atom. The van der Waals surface area contributed by atoms with Gasteiger partial charge in [0.1, 0.15) is 0 Å². The van der Waals surface area contributed by atoms with Crippen molar-refractivity contribution in [2.75, 3.05) is 32.8 Å². The third-order valence-corrected chi connectivity index (χ3v) is 7.21. The summed E-state index contributed by atoms with van der Waals surface area (Å²) < 4.78 is 11.3. The fourth-order valence-corrected chi connectivity index (χ4v) is 5.26. The minimum absolute atomic E-state index is 0.111. The Bertz CT molecular complexity index is 1380. The minimum Gasteiger partial charge on any atom is -0.379 e. The molecule has 0 radical (unpaired) electrons. The molecule has 0 aliphatic carbocycles. The maximum absolute atomic E-state index is 13.4. The van der Waals surface area contributed by atoms with Crippen LogP contribution in [0, 0.1) is 6.92 Å². The van der Waals surface area contributed by atoms with Crippen molar-refractivity contribution in [2.45, 2.75) is 13.5 Å². The molecule has 1 aliphatic heterocycles. The number of aromatic nitrogens is 3. The first-order chi connectivity index (χ1) is 16.6. The van der Waals surface area contributed by atoms with Crippen LogP contribution in [0.25, 0.3) is 16.9 Å². The number of thiazole rings is 1. The zero-order chi connectivity index (χ0) is 23.5. The van der Waals surface area contributed by atoms with Crippen molar-refractivity contribution < 1.29 is 4.74 Å². The molecule has 0 unspecified atom stereocenters. The van der Waals surface area contributed by atoms with Gasteiger partial charge in [0.2, 0.25) is 0 Å². The van der Waals surface area contributed by atoms with Crippen LogP contribution in [0.3, 0.4) is 0 Å². The van der Waals surface area contributed by atoms with Crippen LogP contribution in [0.5, 0.6) is 0 Å². The summed E-state index contributed by atoms with van der Waals surface area (Å²) >= 11 is 1.58. The van der Waals surface area contributed by atoms with E-state index < -0.39 is 0 Å². The molecule has 4 aromatic rings. The molecule has 0 atom stereocenters. The van der Waals surface area contributed by atoms with Crippen LogP contribution in [0.15, 0.2) is 75.8 Å². The molecule has 0 N–H and O–H groups in total. The number of para-hydroxylation sites is 1. The first-order valence-corrected chi connectivity index (χ1v) is 12.4. The molecule has 2 aromatic carbocycles. The van der Waals surface area contributed by atoms with Gasteiger partial charge in [-0.25, -0.2) is 9.67 Å². The second-order valence-electron chi connectivity index (χ2n) is 8.40. The van der Waals surface area contributed by atoms with Gasteiger partial charge in [-0.15, -0.1) is 11.3 Å². The number of ether oxygens (including phenoxy) is 1. The molecule has 8 heteroatoms. The van der Waals surface area contributed by atoms with Crippen LogP contribution in [-0.2, 0) is 18.3 Å². The van der Waals surface area contributed by atoms with Crippen LogP contribution in [0.2, 0.25) is 0 Å². The summed E-state index contributed by atoms with van der Waals surface area (Å²) in [5.74, 6) is 0. The average molecular weight is 476 g/mol. The molecule has 176 valence electrons. The van der Waals surface area contributed by atoms with E-state index in [1.807, 2.05) is 55.1 Å². The van der Waals surface area contributed by atoms with Crippen molar-refractivity contribution in [3.05, 3.63) is 86.9 Å². The molecule has 1 saturated heterocycles. The number of benzene rings is 2. The first-order valence-electron chi connectivity index (χ1n) is 11.6. The second-order valence-corrected chi connectivity index (χ2v) is 9.23. The normalized spacial score (nSPS) is 15.2. The standard InChI is InChI=1S/C26H29N5O2S/c1-20-24(25(32)31(28(20)2)22-11-7-4-8-12-22)27-26-30(14-13-29-15-17-33-18-16-29)23(19-34-26)21-9-5-3-6-10-21/h3-12,19H,13-18H2,1-2H3. The fraction of sp³-hybridized carbons (Fsp3) is 0.308. The Balaban J connectivity index is 1.59. The van der Waals surface area contributed by atoms with E-state index in [-0.39, 0.29) is 5.56 Å². The predicted molar refractivity (Wildman–Crippen MR) is 136 cm³/mol. The maximum atomic E-state index is 13.4. The highest BCUT2D eigenvalue weighted by atomic mass is 32.1. The van der Waals surface area contributed by atoms with Crippen LogP contribution in [-0.4, -0.2) is 51.7 Å². The van der Waals surface area contributed by atoms with Gasteiger partial charge < -0.3 is 9.30 Å². The van der Waals surface area contributed by atoms with Gasteiger partial charge in [-0.05, 0) is 24.6 Å². The molecule has 0 bridgehead atoms. The van der Waals surface area contributed by atoms with Gasteiger partial charge >= 0.3 is 0 Å². The molecule has 5 rings (SSSR count). The van der Waals surface area contributed by atoms with Crippen LogP contribution < -0.4 is 10.4 Å². The highest BCUT2D eigenvalue weighted by molar-refractivity contribution is 7.07. The third-order valence-electron chi connectivity index (χ3n) is 6.34. The van der Waals surface area contributed by atoms with Gasteiger partial charge in [-0.1, -0.05) is 48.5 Å². The Labute approximate surface area is 202 Å². The van der Waals surface area contributed by atoms with Crippen LogP contribution in [0.1, 0.15) is 5.69 Å². The predicted octanol–water partition coefficient (Wildman–Crippen LogP) is 3.58. The second kappa shape index (κ2) is 9.97. The summed E-state index contributed by atoms with van der Waals surface area (Å²) in [5.41, 5.74) is 4.30. The first kappa shape index (κ1) is 22.6. The van der Waals surface area contributed by atoms with E-state index in [1.165, 1.54) is 0 Å². The van der Waals surface area contributed by atoms with E-state index in [0.29, 0.717) is 5.69 Å². The van der Waals surface area contributed by atoms with Crippen molar-refractivity contribution in [3.8, 4) is 16.9 Å². The summed E-state index contributed by atoms with van der Waals surface area (Å²) in [6.45, 7) is 7.09. The van der Waals surface area contributed by atoms with Crippen molar-refractivity contribution in [1.29, 1.82) is 0 Å². The number of rotatable bonds is 6. The SMILES string of the molecule is Cc1c(N=c2scc(-c3ccccc3)n2CCN2CCOCC2)c(=O)n(-c2ccccc2)n1C. The number of hydrogen-bond donors (Lipinski definition) is 0. The molecule has 0 spiro atoms.